The van der Waals surface area contributed by atoms with Crippen LogP contribution in [0.25, 0.3) is 0 Å². The molecule has 2 atom stereocenters. The SMILES string of the molecule is O=C1C(NC2CC2)CCN1CC1CCCO1. The van der Waals surface area contributed by atoms with E-state index in [9.17, 15) is 4.79 Å². The standard InChI is InChI=1S/C12H20N2O2/c15-12-11(13-9-3-4-9)5-6-14(12)8-10-2-1-7-16-10/h9-11,13H,1-8H2. The van der Waals surface area contributed by atoms with Crippen LogP contribution in [0, 0.1) is 0 Å². The fourth-order valence-corrected chi connectivity index (χ4v) is 2.64. The lowest BCUT2D eigenvalue weighted by atomic mass is 10.2. The smallest absolute Gasteiger partial charge is 0.239 e. The van der Waals surface area contributed by atoms with E-state index in [1.165, 1.54) is 12.8 Å². The Morgan fingerprint density at radius 2 is 2.19 bits per heavy atom. The summed E-state index contributed by atoms with van der Waals surface area (Å²) >= 11 is 0. The van der Waals surface area contributed by atoms with Gasteiger partial charge in [-0.1, -0.05) is 0 Å². The maximum atomic E-state index is 12.1. The molecule has 2 saturated heterocycles. The summed E-state index contributed by atoms with van der Waals surface area (Å²) in [5.74, 6) is 0.294. The third-order valence-electron chi connectivity index (χ3n) is 3.76. The second kappa shape index (κ2) is 4.34. The molecule has 16 heavy (non-hydrogen) atoms. The summed E-state index contributed by atoms with van der Waals surface area (Å²) in [7, 11) is 0. The maximum absolute atomic E-state index is 12.1. The molecule has 1 N–H and O–H groups in total. The number of nitrogens with one attached hydrogen (secondary N) is 1. The van der Waals surface area contributed by atoms with Crippen molar-refractivity contribution in [2.24, 2.45) is 0 Å². The summed E-state index contributed by atoms with van der Waals surface area (Å²) in [6.45, 7) is 2.58. The van der Waals surface area contributed by atoms with Crippen molar-refractivity contribution < 1.29 is 9.53 Å². The van der Waals surface area contributed by atoms with Crippen molar-refractivity contribution in [3.8, 4) is 0 Å². The van der Waals surface area contributed by atoms with Crippen molar-refractivity contribution in [3.63, 3.8) is 0 Å². The number of likely N-dealkylation sites (tertiary alicyclic amines) is 1. The summed E-state index contributed by atoms with van der Waals surface area (Å²) in [5, 5.41) is 3.43. The molecule has 0 aromatic carbocycles. The van der Waals surface area contributed by atoms with E-state index in [0.717, 1.165) is 39.0 Å². The Balaban J connectivity index is 1.50. The summed E-state index contributed by atoms with van der Waals surface area (Å²) in [5.41, 5.74) is 0. The van der Waals surface area contributed by atoms with Crippen LogP contribution < -0.4 is 5.32 Å². The van der Waals surface area contributed by atoms with E-state index in [1.807, 2.05) is 4.90 Å². The number of amides is 1. The Morgan fingerprint density at radius 1 is 1.31 bits per heavy atom. The molecule has 2 aliphatic heterocycles. The van der Waals surface area contributed by atoms with Crippen LogP contribution >= 0.6 is 0 Å². The Kier molecular flexibility index (Phi) is 2.86. The van der Waals surface area contributed by atoms with Crippen LogP contribution in [-0.4, -0.2) is 48.7 Å². The average molecular weight is 224 g/mol. The highest BCUT2D eigenvalue weighted by Crippen LogP contribution is 2.23. The molecule has 0 bridgehead atoms. The van der Waals surface area contributed by atoms with Crippen LogP contribution in [0.5, 0.6) is 0 Å². The number of ether oxygens (including phenoxy) is 1. The summed E-state index contributed by atoms with van der Waals surface area (Å²) < 4.78 is 5.58. The van der Waals surface area contributed by atoms with E-state index >= 15 is 0 Å². The van der Waals surface area contributed by atoms with Gasteiger partial charge < -0.3 is 15.0 Å². The first-order valence-corrected chi connectivity index (χ1v) is 6.49. The molecule has 2 heterocycles. The van der Waals surface area contributed by atoms with E-state index in [-0.39, 0.29) is 6.04 Å². The largest absolute Gasteiger partial charge is 0.376 e. The topological polar surface area (TPSA) is 41.6 Å². The Hall–Kier alpha value is -0.610. The van der Waals surface area contributed by atoms with E-state index in [2.05, 4.69) is 5.32 Å². The zero-order chi connectivity index (χ0) is 11.0. The molecule has 4 nitrogen and oxygen atoms in total. The van der Waals surface area contributed by atoms with Gasteiger partial charge in [0, 0.05) is 25.7 Å². The molecule has 0 spiro atoms. The summed E-state index contributed by atoms with van der Waals surface area (Å²) in [6, 6.07) is 0.713. The van der Waals surface area contributed by atoms with Crippen molar-refractivity contribution in [1.29, 1.82) is 0 Å². The molecule has 1 saturated carbocycles. The van der Waals surface area contributed by atoms with Crippen LogP contribution in [-0.2, 0) is 9.53 Å². The van der Waals surface area contributed by atoms with Crippen LogP contribution in [0.1, 0.15) is 32.1 Å². The molecule has 0 radical (unpaired) electrons. The highest BCUT2D eigenvalue weighted by Gasteiger charge is 2.36. The van der Waals surface area contributed by atoms with E-state index < -0.39 is 0 Å². The molecule has 0 aromatic rings. The second-order valence-electron chi connectivity index (χ2n) is 5.20. The first-order valence-electron chi connectivity index (χ1n) is 6.49. The molecule has 2 unspecified atom stereocenters. The quantitative estimate of drug-likeness (QED) is 0.757. The molecule has 4 heteroatoms. The number of carbonyl (C=O) groups excluding carboxylic acids is 1. The molecular weight excluding hydrogens is 204 g/mol. The zero-order valence-electron chi connectivity index (χ0n) is 9.65. The first-order chi connectivity index (χ1) is 7.83. The maximum Gasteiger partial charge on any atom is 0.239 e. The predicted molar refractivity (Wildman–Crippen MR) is 60.1 cm³/mol. The number of hydrogen-bond acceptors (Lipinski definition) is 3. The highest BCUT2D eigenvalue weighted by atomic mass is 16.5. The van der Waals surface area contributed by atoms with Gasteiger partial charge in [0.25, 0.3) is 0 Å². The normalized spacial score (nSPS) is 35.0. The highest BCUT2D eigenvalue weighted by molar-refractivity contribution is 5.84. The summed E-state index contributed by atoms with van der Waals surface area (Å²) in [6.07, 6.45) is 6.03. The molecular formula is C12H20N2O2. The van der Waals surface area contributed by atoms with Crippen LogP contribution in [0.3, 0.4) is 0 Å². The minimum absolute atomic E-state index is 0.0916. The molecule has 1 amide bonds. The Labute approximate surface area is 96.3 Å². The Morgan fingerprint density at radius 3 is 2.88 bits per heavy atom. The van der Waals surface area contributed by atoms with E-state index in [1.54, 1.807) is 0 Å². The van der Waals surface area contributed by atoms with Crippen molar-refractivity contribution in [1.82, 2.24) is 10.2 Å². The molecule has 0 aromatic heterocycles. The fraction of sp³-hybridized carbons (Fsp3) is 0.917. The minimum Gasteiger partial charge on any atom is -0.376 e. The Bertz CT molecular complexity index is 272. The molecule has 3 fully saturated rings. The van der Waals surface area contributed by atoms with Crippen LogP contribution in [0.15, 0.2) is 0 Å². The van der Waals surface area contributed by atoms with Crippen molar-refractivity contribution >= 4 is 5.91 Å². The van der Waals surface area contributed by atoms with E-state index in [4.69, 9.17) is 4.74 Å². The number of carbonyl (C=O) groups is 1. The predicted octanol–water partition coefficient (Wildman–Crippen LogP) is 0.518. The number of rotatable bonds is 4. The molecule has 3 aliphatic rings. The molecule has 3 rings (SSSR count). The average Bonchev–Trinajstić information content (AvgIpc) is 2.83. The van der Waals surface area contributed by atoms with Crippen molar-refractivity contribution in [2.75, 3.05) is 19.7 Å². The number of hydrogen-bond donors (Lipinski definition) is 1. The lowest BCUT2D eigenvalue weighted by Crippen LogP contribution is -2.41. The van der Waals surface area contributed by atoms with Gasteiger partial charge in [-0.25, -0.2) is 0 Å². The summed E-state index contributed by atoms with van der Waals surface area (Å²) in [4.78, 5) is 14.0. The second-order valence-corrected chi connectivity index (χ2v) is 5.20. The van der Waals surface area contributed by atoms with Gasteiger partial charge in [0.15, 0.2) is 0 Å². The van der Waals surface area contributed by atoms with Crippen LogP contribution in [0.4, 0.5) is 0 Å². The van der Waals surface area contributed by atoms with Crippen molar-refractivity contribution in [2.45, 2.75) is 50.3 Å². The zero-order valence-corrected chi connectivity index (χ0v) is 9.65. The number of nitrogens with zero attached hydrogens (tertiary/aromatic N) is 1. The van der Waals surface area contributed by atoms with Gasteiger partial charge in [0.05, 0.1) is 12.1 Å². The molecule has 1 aliphatic carbocycles. The fourth-order valence-electron chi connectivity index (χ4n) is 2.64. The van der Waals surface area contributed by atoms with Crippen LogP contribution in [0.2, 0.25) is 0 Å². The minimum atomic E-state index is 0.0916. The first kappa shape index (κ1) is 10.5. The van der Waals surface area contributed by atoms with Gasteiger partial charge in [-0.2, -0.15) is 0 Å². The lowest BCUT2D eigenvalue weighted by molar-refractivity contribution is -0.130. The molecule has 90 valence electrons. The van der Waals surface area contributed by atoms with Gasteiger partial charge in [-0.15, -0.1) is 0 Å². The van der Waals surface area contributed by atoms with Gasteiger partial charge in [0.2, 0.25) is 5.91 Å². The van der Waals surface area contributed by atoms with Crippen molar-refractivity contribution in [3.05, 3.63) is 0 Å². The van der Waals surface area contributed by atoms with Gasteiger partial charge in [0.1, 0.15) is 0 Å². The van der Waals surface area contributed by atoms with Gasteiger partial charge >= 0.3 is 0 Å². The lowest BCUT2D eigenvalue weighted by Gasteiger charge is -2.20. The third kappa shape index (κ3) is 2.23. The van der Waals surface area contributed by atoms with Gasteiger partial charge in [-0.3, -0.25) is 4.79 Å². The van der Waals surface area contributed by atoms with Gasteiger partial charge in [-0.05, 0) is 32.1 Å². The van der Waals surface area contributed by atoms with E-state index in [0.29, 0.717) is 18.1 Å². The third-order valence-corrected chi connectivity index (χ3v) is 3.76. The monoisotopic (exact) mass is 224 g/mol.